The first-order chi connectivity index (χ1) is 16.5. The molecule has 0 aliphatic heterocycles. The van der Waals surface area contributed by atoms with Crippen LogP contribution in [0.5, 0.6) is 0 Å². The minimum Gasteiger partial charge on any atom is -0.326 e. The van der Waals surface area contributed by atoms with E-state index in [1.165, 1.54) is 23.1 Å². The van der Waals surface area contributed by atoms with Gasteiger partial charge in [0.25, 0.3) is 0 Å². The summed E-state index contributed by atoms with van der Waals surface area (Å²) in [6.07, 6.45) is 0.303. The summed E-state index contributed by atoms with van der Waals surface area (Å²) in [4.78, 5) is 30.1. The molecule has 0 aliphatic rings. The maximum atomic E-state index is 12.4. The van der Waals surface area contributed by atoms with Crippen LogP contribution in [0, 0.1) is 0 Å². The van der Waals surface area contributed by atoms with Gasteiger partial charge in [0.1, 0.15) is 0 Å². The number of rotatable bonds is 8. The minimum atomic E-state index is -0.174. The van der Waals surface area contributed by atoms with E-state index in [1.54, 1.807) is 18.2 Å². The molecular formula is C25H19Cl2N3O2S2. The lowest BCUT2D eigenvalue weighted by Gasteiger charge is -2.08. The topological polar surface area (TPSA) is 71.1 Å². The monoisotopic (exact) mass is 527 g/mol. The largest absolute Gasteiger partial charge is 0.326 e. The highest BCUT2D eigenvalue weighted by Gasteiger charge is 2.12. The van der Waals surface area contributed by atoms with E-state index in [0.29, 0.717) is 33.0 Å². The van der Waals surface area contributed by atoms with Gasteiger partial charge in [-0.2, -0.15) is 0 Å². The molecule has 0 unspecified atom stereocenters. The van der Waals surface area contributed by atoms with Crippen molar-refractivity contribution >= 4 is 68.9 Å². The van der Waals surface area contributed by atoms with Crippen LogP contribution in [0.1, 0.15) is 5.56 Å². The molecule has 0 bridgehead atoms. The van der Waals surface area contributed by atoms with Crippen LogP contribution in [0.15, 0.2) is 83.1 Å². The summed E-state index contributed by atoms with van der Waals surface area (Å²) >= 11 is 14.9. The van der Waals surface area contributed by atoms with Crippen molar-refractivity contribution in [3.05, 3.63) is 93.8 Å². The molecule has 34 heavy (non-hydrogen) atoms. The molecule has 0 saturated heterocycles. The van der Waals surface area contributed by atoms with E-state index in [9.17, 15) is 9.59 Å². The Balaban J connectivity index is 1.29. The van der Waals surface area contributed by atoms with E-state index in [0.717, 1.165) is 16.0 Å². The third-order valence-corrected chi connectivity index (χ3v) is 6.95. The molecule has 0 atom stereocenters. The maximum absolute atomic E-state index is 12.4. The van der Waals surface area contributed by atoms with Crippen LogP contribution in [-0.4, -0.2) is 22.6 Å². The van der Waals surface area contributed by atoms with Gasteiger partial charge < -0.3 is 10.6 Å². The SMILES string of the molecule is O=C(Cc1ccccc1)Nc1cccc(SCC(=O)Nc2nc(-c3ccc(Cl)cc3Cl)cs2)c1. The van der Waals surface area contributed by atoms with Gasteiger partial charge in [-0.3, -0.25) is 9.59 Å². The number of carbonyl (C=O) groups is 2. The van der Waals surface area contributed by atoms with Gasteiger partial charge in [0, 0.05) is 26.5 Å². The zero-order valence-corrected chi connectivity index (χ0v) is 20.9. The lowest BCUT2D eigenvalue weighted by atomic mass is 10.1. The van der Waals surface area contributed by atoms with E-state index < -0.39 is 0 Å². The first-order valence-electron chi connectivity index (χ1n) is 10.2. The molecule has 0 spiro atoms. The van der Waals surface area contributed by atoms with Gasteiger partial charge in [-0.25, -0.2) is 4.98 Å². The van der Waals surface area contributed by atoms with Crippen molar-refractivity contribution in [2.45, 2.75) is 11.3 Å². The molecule has 9 heteroatoms. The van der Waals surface area contributed by atoms with Crippen LogP contribution in [0.25, 0.3) is 11.3 Å². The van der Waals surface area contributed by atoms with Crippen LogP contribution >= 0.6 is 46.3 Å². The summed E-state index contributed by atoms with van der Waals surface area (Å²) in [6, 6.07) is 22.2. The quantitative estimate of drug-likeness (QED) is 0.241. The second kappa shape index (κ2) is 11.5. The van der Waals surface area contributed by atoms with Gasteiger partial charge in [-0.15, -0.1) is 23.1 Å². The molecular weight excluding hydrogens is 509 g/mol. The number of thioether (sulfide) groups is 1. The predicted octanol–water partition coefficient (Wildman–Crippen LogP) is 7.03. The summed E-state index contributed by atoms with van der Waals surface area (Å²) < 4.78 is 0. The summed E-state index contributed by atoms with van der Waals surface area (Å²) in [5.41, 5.74) is 3.07. The number of hydrogen-bond donors (Lipinski definition) is 2. The predicted molar refractivity (Wildman–Crippen MR) is 142 cm³/mol. The smallest absolute Gasteiger partial charge is 0.236 e. The van der Waals surface area contributed by atoms with E-state index >= 15 is 0 Å². The Hall–Kier alpha value is -2.84. The van der Waals surface area contributed by atoms with E-state index in [2.05, 4.69) is 15.6 Å². The Kier molecular flexibility index (Phi) is 8.24. The van der Waals surface area contributed by atoms with Crippen molar-refractivity contribution in [1.29, 1.82) is 0 Å². The van der Waals surface area contributed by atoms with E-state index in [1.807, 2.05) is 60.0 Å². The van der Waals surface area contributed by atoms with Crippen LogP contribution in [0.4, 0.5) is 10.8 Å². The average Bonchev–Trinajstić information content (AvgIpc) is 3.26. The number of aromatic nitrogens is 1. The molecule has 0 saturated carbocycles. The van der Waals surface area contributed by atoms with Gasteiger partial charge in [-0.1, -0.05) is 59.6 Å². The van der Waals surface area contributed by atoms with Crippen molar-refractivity contribution < 1.29 is 9.59 Å². The fourth-order valence-corrected chi connectivity index (χ4v) is 5.09. The van der Waals surface area contributed by atoms with Gasteiger partial charge in [-0.05, 0) is 42.0 Å². The molecule has 4 aromatic rings. The zero-order chi connectivity index (χ0) is 23.9. The van der Waals surface area contributed by atoms with Crippen molar-refractivity contribution in [1.82, 2.24) is 4.98 Å². The number of anilines is 2. The average molecular weight is 528 g/mol. The molecule has 1 heterocycles. The van der Waals surface area contributed by atoms with Crippen LogP contribution in [-0.2, 0) is 16.0 Å². The van der Waals surface area contributed by atoms with Crippen LogP contribution in [0.2, 0.25) is 10.0 Å². The molecule has 0 radical (unpaired) electrons. The molecule has 2 N–H and O–H groups in total. The molecule has 0 aliphatic carbocycles. The lowest BCUT2D eigenvalue weighted by molar-refractivity contribution is -0.115. The Morgan fingerprint density at radius 1 is 0.912 bits per heavy atom. The fourth-order valence-electron chi connectivity index (χ4n) is 3.11. The second-order valence-corrected chi connectivity index (χ2v) is 9.99. The van der Waals surface area contributed by atoms with Crippen LogP contribution in [0.3, 0.4) is 0 Å². The number of nitrogens with zero attached hydrogens (tertiary/aromatic N) is 1. The van der Waals surface area contributed by atoms with Gasteiger partial charge in [0.05, 0.1) is 22.9 Å². The Morgan fingerprint density at radius 2 is 1.74 bits per heavy atom. The number of amides is 2. The number of benzene rings is 3. The molecule has 3 aromatic carbocycles. The first kappa shape index (κ1) is 24.3. The van der Waals surface area contributed by atoms with Crippen molar-refractivity contribution in [3.8, 4) is 11.3 Å². The molecule has 4 rings (SSSR count). The van der Waals surface area contributed by atoms with E-state index in [4.69, 9.17) is 23.2 Å². The Morgan fingerprint density at radius 3 is 2.53 bits per heavy atom. The molecule has 172 valence electrons. The first-order valence-corrected chi connectivity index (χ1v) is 12.9. The standard InChI is InChI=1S/C25H19Cl2N3O2S2/c26-17-9-10-20(21(27)12-17)22-14-34-25(29-22)30-24(32)15-33-19-8-4-7-18(13-19)28-23(31)11-16-5-2-1-3-6-16/h1-10,12-14H,11,15H2,(H,28,31)(H,29,30,32). The van der Waals surface area contributed by atoms with E-state index in [-0.39, 0.29) is 17.6 Å². The highest BCUT2D eigenvalue weighted by Crippen LogP contribution is 2.32. The summed E-state index contributed by atoms with van der Waals surface area (Å²) in [7, 11) is 0. The molecule has 1 aromatic heterocycles. The van der Waals surface area contributed by atoms with Crippen LogP contribution < -0.4 is 10.6 Å². The number of halogens is 2. The Bertz CT molecular complexity index is 1310. The van der Waals surface area contributed by atoms with Crippen molar-refractivity contribution in [3.63, 3.8) is 0 Å². The zero-order valence-electron chi connectivity index (χ0n) is 17.8. The molecule has 2 amide bonds. The van der Waals surface area contributed by atoms with Gasteiger partial charge in [0.2, 0.25) is 11.8 Å². The summed E-state index contributed by atoms with van der Waals surface area (Å²) in [6.45, 7) is 0. The lowest BCUT2D eigenvalue weighted by Crippen LogP contribution is -2.14. The molecule has 0 fully saturated rings. The third kappa shape index (κ3) is 6.84. The highest BCUT2D eigenvalue weighted by molar-refractivity contribution is 8.00. The third-order valence-electron chi connectivity index (χ3n) is 4.65. The second-order valence-electron chi connectivity index (χ2n) is 7.24. The summed E-state index contributed by atoms with van der Waals surface area (Å²) in [5, 5.41) is 9.10. The number of hydrogen-bond acceptors (Lipinski definition) is 5. The number of nitrogens with one attached hydrogen (secondary N) is 2. The minimum absolute atomic E-state index is 0.0912. The van der Waals surface area contributed by atoms with Crippen molar-refractivity contribution in [2.24, 2.45) is 0 Å². The van der Waals surface area contributed by atoms with Gasteiger partial charge >= 0.3 is 0 Å². The highest BCUT2D eigenvalue weighted by atomic mass is 35.5. The van der Waals surface area contributed by atoms with Crippen molar-refractivity contribution in [2.75, 3.05) is 16.4 Å². The number of carbonyl (C=O) groups excluding carboxylic acids is 2. The summed E-state index contributed by atoms with van der Waals surface area (Å²) in [5.74, 6) is -0.0593. The molecule has 5 nitrogen and oxygen atoms in total. The van der Waals surface area contributed by atoms with Gasteiger partial charge in [0.15, 0.2) is 5.13 Å². The fraction of sp³-hybridized carbons (Fsp3) is 0.0800. The number of thiazole rings is 1. The normalized spacial score (nSPS) is 10.6. The Labute approximate surface area is 215 Å². The maximum Gasteiger partial charge on any atom is 0.236 e.